The second kappa shape index (κ2) is 10.4. The normalized spacial score (nSPS) is 14.7. The van der Waals surface area contributed by atoms with Gasteiger partial charge in [0.1, 0.15) is 0 Å². The molecule has 3 rings (SSSR count). The smallest absolute Gasteiger partial charge is 0.255 e. The number of benzene rings is 2. The van der Waals surface area contributed by atoms with Gasteiger partial charge in [0, 0.05) is 45.8 Å². The maximum absolute atomic E-state index is 13.1. The van der Waals surface area contributed by atoms with Crippen molar-refractivity contribution in [1.29, 1.82) is 0 Å². The van der Waals surface area contributed by atoms with E-state index in [1.54, 1.807) is 26.0 Å². The summed E-state index contributed by atoms with van der Waals surface area (Å²) in [5.41, 5.74) is 1.27. The minimum absolute atomic E-state index is 0.00257. The van der Waals surface area contributed by atoms with Crippen LogP contribution in [-0.2, 0) is 20.0 Å². The van der Waals surface area contributed by atoms with Gasteiger partial charge in [0.05, 0.1) is 21.2 Å². The molecule has 1 amide bonds. The number of nitrogens with zero attached hydrogens (tertiary/aromatic N) is 3. The van der Waals surface area contributed by atoms with Gasteiger partial charge in [0.25, 0.3) is 5.91 Å². The van der Waals surface area contributed by atoms with Crippen LogP contribution in [-0.4, -0.2) is 71.6 Å². The van der Waals surface area contributed by atoms with Crippen LogP contribution in [0.15, 0.2) is 52.3 Å². The summed E-state index contributed by atoms with van der Waals surface area (Å²) in [5.74, 6) is -0.520. The fourth-order valence-corrected chi connectivity index (χ4v) is 6.36. The van der Waals surface area contributed by atoms with Gasteiger partial charge in [-0.1, -0.05) is 19.9 Å². The van der Waals surface area contributed by atoms with Gasteiger partial charge in [-0.25, -0.2) is 21.1 Å². The first-order valence-corrected chi connectivity index (χ1v) is 14.1. The van der Waals surface area contributed by atoms with Gasteiger partial charge in [-0.15, -0.1) is 0 Å². The summed E-state index contributed by atoms with van der Waals surface area (Å²) >= 11 is 0. The summed E-state index contributed by atoms with van der Waals surface area (Å²) in [5, 5.41) is 2.83. The van der Waals surface area contributed by atoms with E-state index in [2.05, 4.69) is 10.2 Å². The monoisotopic (exact) mass is 508 g/mol. The Labute approximate surface area is 202 Å². The van der Waals surface area contributed by atoms with Crippen molar-refractivity contribution in [1.82, 2.24) is 8.61 Å². The molecule has 1 heterocycles. The molecule has 0 spiro atoms. The van der Waals surface area contributed by atoms with Crippen molar-refractivity contribution < 1.29 is 21.6 Å². The third-order valence-corrected chi connectivity index (χ3v) is 9.74. The van der Waals surface area contributed by atoms with Crippen LogP contribution < -0.4 is 10.2 Å². The van der Waals surface area contributed by atoms with E-state index in [1.165, 1.54) is 48.7 Å². The molecule has 1 N–H and O–H groups in total. The second-order valence-corrected chi connectivity index (χ2v) is 12.3. The van der Waals surface area contributed by atoms with Crippen molar-refractivity contribution in [3.05, 3.63) is 48.0 Å². The summed E-state index contributed by atoms with van der Waals surface area (Å²) in [6.07, 6.45) is 2.02. The summed E-state index contributed by atoms with van der Waals surface area (Å²) < 4.78 is 53.6. The molecule has 0 atom stereocenters. The molecule has 0 radical (unpaired) electrons. The van der Waals surface area contributed by atoms with Gasteiger partial charge >= 0.3 is 0 Å². The predicted molar refractivity (Wildman–Crippen MR) is 133 cm³/mol. The lowest BCUT2D eigenvalue weighted by atomic mass is 10.2. The van der Waals surface area contributed by atoms with E-state index in [-0.39, 0.29) is 15.4 Å². The first-order chi connectivity index (χ1) is 16.0. The zero-order valence-corrected chi connectivity index (χ0v) is 21.6. The molecule has 1 aliphatic heterocycles. The van der Waals surface area contributed by atoms with E-state index in [0.717, 1.165) is 35.9 Å². The van der Waals surface area contributed by atoms with Crippen molar-refractivity contribution in [2.75, 3.05) is 50.5 Å². The molecule has 0 bridgehead atoms. The number of carbonyl (C=O) groups excluding carboxylic acids is 1. The SMILES string of the molecule is CCN(CC)S(=O)(=O)c1ccc(N2CCCC2)c(NC(=O)c2cccc(S(=O)(=O)N(C)C)c2)c1. The van der Waals surface area contributed by atoms with E-state index in [9.17, 15) is 21.6 Å². The Morgan fingerprint density at radius 2 is 1.53 bits per heavy atom. The molecule has 1 saturated heterocycles. The maximum Gasteiger partial charge on any atom is 0.255 e. The first kappa shape index (κ1) is 26.1. The van der Waals surface area contributed by atoms with Crippen LogP contribution in [0.5, 0.6) is 0 Å². The third-order valence-electron chi connectivity index (χ3n) is 5.88. The minimum atomic E-state index is -3.72. The Morgan fingerprint density at radius 1 is 0.912 bits per heavy atom. The van der Waals surface area contributed by atoms with Crippen molar-refractivity contribution in [2.45, 2.75) is 36.5 Å². The maximum atomic E-state index is 13.1. The van der Waals surface area contributed by atoms with Crippen LogP contribution in [0.3, 0.4) is 0 Å². The van der Waals surface area contributed by atoms with E-state index in [1.807, 2.05) is 0 Å². The average Bonchev–Trinajstić information content (AvgIpc) is 3.34. The van der Waals surface area contributed by atoms with Gasteiger partial charge in [0.2, 0.25) is 20.0 Å². The molecular weight excluding hydrogens is 476 g/mol. The summed E-state index contributed by atoms with van der Waals surface area (Å²) in [6, 6.07) is 10.6. The van der Waals surface area contributed by atoms with E-state index < -0.39 is 26.0 Å². The van der Waals surface area contributed by atoms with Crippen molar-refractivity contribution in [3.8, 4) is 0 Å². The van der Waals surface area contributed by atoms with Crippen LogP contribution in [0.2, 0.25) is 0 Å². The number of amides is 1. The molecule has 1 aliphatic rings. The Morgan fingerprint density at radius 3 is 2.12 bits per heavy atom. The van der Waals surface area contributed by atoms with Crippen LogP contribution in [0.1, 0.15) is 37.0 Å². The van der Waals surface area contributed by atoms with Gasteiger partial charge in [-0.3, -0.25) is 4.79 Å². The van der Waals surface area contributed by atoms with E-state index in [4.69, 9.17) is 0 Å². The van der Waals surface area contributed by atoms with Gasteiger partial charge in [0.15, 0.2) is 0 Å². The van der Waals surface area contributed by atoms with E-state index in [0.29, 0.717) is 18.8 Å². The van der Waals surface area contributed by atoms with Crippen molar-refractivity contribution >= 4 is 37.3 Å². The van der Waals surface area contributed by atoms with Crippen LogP contribution in [0.4, 0.5) is 11.4 Å². The lowest BCUT2D eigenvalue weighted by Gasteiger charge is -2.24. The van der Waals surface area contributed by atoms with Crippen LogP contribution in [0, 0.1) is 0 Å². The largest absolute Gasteiger partial charge is 0.370 e. The zero-order chi connectivity index (χ0) is 25.1. The second-order valence-electron chi connectivity index (χ2n) is 8.23. The summed E-state index contributed by atoms with van der Waals surface area (Å²) in [4.78, 5) is 15.3. The molecule has 34 heavy (non-hydrogen) atoms. The standard InChI is InChI=1S/C23H32N4O5S2/c1-5-27(6-2)34(31,32)20-12-13-22(26-14-7-8-15-26)21(17-20)24-23(28)18-10-9-11-19(16-18)33(29,30)25(3)4/h9-13,16-17H,5-8,14-15H2,1-4H3,(H,24,28). The predicted octanol–water partition coefficient (Wildman–Crippen LogP) is 2.82. The Hall–Kier alpha value is -2.47. The third kappa shape index (κ3) is 5.27. The number of sulfonamides is 2. The highest BCUT2D eigenvalue weighted by molar-refractivity contribution is 7.89. The lowest BCUT2D eigenvalue weighted by molar-refractivity contribution is 0.102. The number of hydrogen-bond donors (Lipinski definition) is 1. The molecule has 0 aromatic heterocycles. The molecule has 2 aromatic carbocycles. The lowest BCUT2D eigenvalue weighted by Crippen LogP contribution is -2.31. The highest BCUT2D eigenvalue weighted by Gasteiger charge is 2.25. The molecule has 1 fully saturated rings. The molecule has 0 aliphatic carbocycles. The molecular formula is C23H32N4O5S2. The minimum Gasteiger partial charge on any atom is -0.370 e. The molecule has 11 heteroatoms. The fraction of sp³-hybridized carbons (Fsp3) is 0.435. The number of anilines is 2. The molecule has 0 saturated carbocycles. The Bertz CT molecular complexity index is 1250. The summed E-state index contributed by atoms with van der Waals surface area (Å²) in [7, 11) is -4.58. The van der Waals surface area contributed by atoms with Crippen LogP contribution >= 0.6 is 0 Å². The van der Waals surface area contributed by atoms with Crippen molar-refractivity contribution in [2.24, 2.45) is 0 Å². The molecule has 2 aromatic rings. The molecule has 0 unspecified atom stereocenters. The molecule has 186 valence electrons. The van der Waals surface area contributed by atoms with Gasteiger partial charge in [-0.2, -0.15) is 4.31 Å². The first-order valence-electron chi connectivity index (χ1n) is 11.3. The van der Waals surface area contributed by atoms with Crippen molar-refractivity contribution in [3.63, 3.8) is 0 Å². The number of hydrogen-bond acceptors (Lipinski definition) is 6. The van der Waals surface area contributed by atoms with Gasteiger partial charge in [-0.05, 0) is 49.2 Å². The Kier molecular flexibility index (Phi) is 8.02. The highest BCUT2D eigenvalue weighted by Crippen LogP contribution is 2.33. The number of carbonyl (C=O) groups is 1. The van der Waals surface area contributed by atoms with Crippen LogP contribution in [0.25, 0.3) is 0 Å². The fourth-order valence-electron chi connectivity index (χ4n) is 3.93. The highest BCUT2D eigenvalue weighted by atomic mass is 32.2. The quantitative estimate of drug-likeness (QED) is 0.558. The molecule has 9 nitrogen and oxygen atoms in total. The topological polar surface area (TPSA) is 107 Å². The zero-order valence-electron chi connectivity index (χ0n) is 20.0. The summed E-state index contributed by atoms with van der Waals surface area (Å²) in [6.45, 7) is 5.83. The Balaban J connectivity index is 2.01. The van der Waals surface area contributed by atoms with Gasteiger partial charge < -0.3 is 10.2 Å². The van der Waals surface area contributed by atoms with E-state index >= 15 is 0 Å². The number of nitrogens with one attached hydrogen (secondary N) is 1. The average molecular weight is 509 g/mol. The number of rotatable bonds is 9.